The third kappa shape index (κ3) is 3.71. The van der Waals surface area contributed by atoms with Crippen LogP contribution in [0.2, 0.25) is 0 Å². The Labute approximate surface area is 94.8 Å². The van der Waals surface area contributed by atoms with Crippen LogP contribution in [-0.2, 0) is 9.47 Å². The Bertz CT molecular complexity index is 191. The summed E-state index contributed by atoms with van der Waals surface area (Å²) in [6.45, 7) is 5.71. The first-order valence-electron chi connectivity index (χ1n) is 5.16. The predicted octanol–water partition coefficient (Wildman–Crippen LogP) is 3.26. The van der Waals surface area contributed by atoms with Gasteiger partial charge in [-0.15, -0.1) is 0 Å². The zero-order valence-corrected chi connectivity index (χ0v) is 10.6. The molecule has 0 aliphatic carbocycles. The topological polar surface area (TPSA) is 18.5 Å². The van der Waals surface area contributed by atoms with Crippen molar-refractivity contribution in [1.82, 2.24) is 0 Å². The van der Waals surface area contributed by atoms with Gasteiger partial charge in [-0.2, -0.15) is 0 Å². The fourth-order valence-electron chi connectivity index (χ4n) is 1.64. The van der Waals surface area contributed by atoms with Crippen LogP contribution in [0.3, 0.4) is 0 Å². The van der Waals surface area contributed by atoms with Gasteiger partial charge in [-0.1, -0.05) is 27.6 Å². The van der Waals surface area contributed by atoms with E-state index in [1.165, 1.54) is 5.57 Å². The molecule has 1 fully saturated rings. The average Bonchev–Trinajstić information content (AvgIpc) is 2.53. The van der Waals surface area contributed by atoms with Crippen LogP contribution in [0.25, 0.3) is 0 Å². The number of rotatable bonds is 5. The van der Waals surface area contributed by atoms with E-state index in [2.05, 4.69) is 35.9 Å². The summed E-state index contributed by atoms with van der Waals surface area (Å²) in [7, 11) is 0. The van der Waals surface area contributed by atoms with E-state index in [1.807, 2.05) is 0 Å². The molecule has 3 heteroatoms. The Balaban J connectivity index is 2.39. The first-order valence-corrected chi connectivity index (χ1v) is 6.28. The second-order valence-corrected chi connectivity index (χ2v) is 4.66. The standard InChI is InChI=1S/C11H19BrO2/c1-10(2)4-3-5-11(6-7-12)13-8-9-14-11/h4H,3,5-9H2,1-2H3. The first kappa shape index (κ1) is 12.2. The zero-order valence-electron chi connectivity index (χ0n) is 9.01. The van der Waals surface area contributed by atoms with Gasteiger partial charge in [0.25, 0.3) is 0 Å². The molecule has 0 aromatic rings. The van der Waals surface area contributed by atoms with Crippen molar-refractivity contribution in [3.63, 3.8) is 0 Å². The highest BCUT2D eigenvalue weighted by molar-refractivity contribution is 9.09. The maximum absolute atomic E-state index is 5.68. The molecular weight excluding hydrogens is 244 g/mol. The van der Waals surface area contributed by atoms with Crippen molar-refractivity contribution in [3.8, 4) is 0 Å². The van der Waals surface area contributed by atoms with Crippen LogP contribution in [0.4, 0.5) is 0 Å². The summed E-state index contributed by atoms with van der Waals surface area (Å²) >= 11 is 3.44. The molecule has 0 N–H and O–H groups in total. The number of hydrogen-bond acceptors (Lipinski definition) is 2. The second kappa shape index (κ2) is 5.89. The summed E-state index contributed by atoms with van der Waals surface area (Å²) in [6, 6.07) is 0. The lowest BCUT2D eigenvalue weighted by Crippen LogP contribution is -2.30. The van der Waals surface area contributed by atoms with Crippen molar-refractivity contribution in [1.29, 1.82) is 0 Å². The van der Waals surface area contributed by atoms with Gasteiger partial charge in [0.05, 0.1) is 13.2 Å². The number of halogens is 1. The monoisotopic (exact) mass is 262 g/mol. The minimum absolute atomic E-state index is 0.310. The number of hydrogen-bond donors (Lipinski definition) is 0. The first-order chi connectivity index (χ1) is 6.68. The molecule has 82 valence electrons. The van der Waals surface area contributed by atoms with Crippen LogP contribution >= 0.6 is 15.9 Å². The molecule has 0 spiro atoms. The highest BCUT2D eigenvalue weighted by atomic mass is 79.9. The van der Waals surface area contributed by atoms with E-state index in [-0.39, 0.29) is 5.79 Å². The Morgan fingerprint density at radius 3 is 2.43 bits per heavy atom. The Morgan fingerprint density at radius 2 is 1.93 bits per heavy atom. The molecule has 1 saturated heterocycles. The maximum Gasteiger partial charge on any atom is 0.169 e. The van der Waals surface area contributed by atoms with Gasteiger partial charge < -0.3 is 9.47 Å². The molecule has 2 nitrogen and oxygen atoms in total. The van der Waals surface area contributed by atoms with E-state index in [0.717, 1.165) is 37.8 Å². The fraction of sp³-hybridized carbons (Fsp3) is 0.818. The average molecular weight is 263 g/mol. The van der Waals surface area contributed by atoms with Crippen molar-refractivity contribution < 1.29 is 9.47 Å². The Morgan fingerprint density at radius 1 is 1.29 bits per heavy atom. The molecule has 0 aromatic carbocycles. The van der Waals surface area contributed by atoms with Gasteiger partial charge in [-0.05, 0) is 20.3 Å². The zero-order chi connectivity index (χ0) is 10.4. The molecule has 1 rings (SSSR count). The van der Waals surface area contributed by atoms with Crippen molar-refractivity contribution >= 4 is 15.9 Å². The van der Waals surface area contributed by atoms with Crippen LogP contribution in [0, 0.1) is 0 Å². The molecule has 0 unspecified atom stereocenters. The molecule has 0 atom stereocenters. The van der Waals surface area contributed by atoms with Gasteiger partial charge >= 0.3 is 0 Å². The van der Waals surface area contributed by atoms with Crippen molar-refractivity contribution in [3.05, 3.63) is 11.6 Å². The summed E-state index contributed by atoms with van der Waals surface area (Å²) in [5.74, 6) is -0.310. The Hall–Kier alpha value is 0.140. The van der Waals surface area contributed by atoms with Gasteiger partial charge in [0, 0.05) is 18.2 Å². The number of allylic oxidation sites excluding steroid dienone is 2. The van der Waals surface area contributed by atoms with Crippen molar-refractivity contribution in [2.45, 2.75) is 38.9 Å². The van der Waals surface area contributed by atoms with Crippen LogP contribution in [0.1, 0.15) is 33.1 Å². The molecule has 0 saturated carbocycles. The molecule has 14 heavy (non-hydrogen) atoms. The fourth-order valence-corrected chi connectivity index (χ4v) is 2.24. The number of alkyl halides is 1. The molecule has 0 amide bonds. The molecule has 1 heterocycles. The van der Waals surface area contributed by atoms with E-state index in [0.29, 0.717) is 0 Å². The van der Waals surface area contributed by atoms with Crippen molar-refractivity contribution in [2.24, 2.45) is 0 Å². The lowest BCUT2D eigenvalue weighted by Gasteiger charge is -2.26. The van der Waals surface area contributed by atoms with Gasteiger partial charge in [0.15, 0.2) is 5.79 Å². The molecule has 0 aromatic heterocycles. The third-order valence-corrected chi connectivity index (χ3v) is 2.76. The van der Waals surface area contributed by atoms with E-state index >= 15 is 0 Å². The van der Waals surface area contributed by atoms with Gasteiger partial charge in [0.2, 0.25) is 0 Å². The molecule has 1 aliphatic rings. The molecule has 0 radical (unpaired) electrons. The SMILES string of the molecule is CC(C)=CCCC1(CCBr)OCCO1. The summed E-state index contributed by atoms with van der Waals surface area (Å²) < 4.78 is 11.4. The smallest absolute Gasteiger partial charge is 0.169 e. The van der Waals surface area contributed by atoms with E-state index in [4.69, 9.17) is 9.47 Å². The van der Waals surface area contributed by atoms with Crippen LogP contribution < -0.4 is 0 Å². The van der Waals surface area contributed by atoms with Gasteiger partial charge in [-0.25, -0.2) is 0 Å². The number of ether oxygens (including phenoxy) is 2. The third-order valence-electron chi connectivity index (χ3n) is 2.37. The van der Waals surface area contributed by atoms with Crippen molar-refractivity contribution in [2.75, 3.05) is 18.5 Å². The molecule has 1 aliphatic heterocycles. The lowest BCUT2D eigenvalue weighted by atomic mass is 10.1. The predicted molar refractivity (Wildman–Crippen MR) is 61.7 cm³/mol. The summed E-state index contributed by atoms with van der Waals surface area (Å²) in [5.41, 5.74) is 1.36. The largest absolute Gasteiger partial charge is 0.347 e. The normalized spacial score (nSPS) is 19.6. The highest BCUT2D eigenvalue weighted by Crippen LogP contribution is 2.29. The second-order valence-electron chi connectivity index (χ2n) is 3.87. The lowest BCUT2D eigenvalue weighted by molar-refractivity contribution is -0.161. The van der Waals surface area contributed by atoms with Gasteiger partial charge in [0.1, 0.15) is 0 Å². The van der Waals surface area contributed by atoms with E-state index in [1.54, 1.807) is 0 Å². The van der Waals surface area contributed by atoms with Crippen LogP contribution in [0.5, 0.6) is 0 Å². The minimum Gasteiger partial charge on any atom is -0.347 e. The summed E-state index contributed by atoms with van der Waals surface area (Å²) in [6.07, 6.45) is 5.17. The van der Waals surface area contributed by atoms with Gasteiger partial charge in [-0.3, -0.25) is 0 Å². The molecule has 0 bridgehead atoms. The minimum atomic E-state index is -0.310. The van der Waals surface area contributed by atoms with Crippen LogP contribution in [-0.4, -0.2) is 24.3 Å². The van der Waals surface area contributed by atoms with E-state index < -0.39 is 0 Å². The highest BCUT2D eigenvalue weighted by Gasteiger charge is 2.34. The summed E-state index contributed by atoms with van der Waals surface area (Å²) in [5, 5.41) is 0.932. The quantitative estimate of drug-likeness (QED) is 0.560. The van der Waals surface area contributed by atoms with E-state index in [9.17, 15) is 0 Å². The Kier molecular flexibility index (Phi) is 5.13. The summed E-state index contributed by atoms with van der Waals surface area (Å²) in [4.78, 5) is 0. The van der Waals surface area contributed by atoms with Crippen LogP contribution in [0.15, 0.2) is 11.6 Å². The maximum atomic E-state index is 5.68. The molecular formula is C11H19BrO2.